The maximum atomic E-state index is 12.2. The van der Waals surface area contributed by atoms with E-state index in [0.717, 1.165) is 28.7 Å². The smallest absolute Gasteiger partial charge is 0.230 e. The van der Waals surface area contributed by atoms with E-state index in [1.165, 1.54) is 31.0 Å². The van der Waals surface area contributed by atoms with E-state index >= 15 is 0 Å². The maximum Gasteiger partial charge on any atom is 0.230 e. The number of hydrogen-bond acceptors (Lipinski definition) is 5. The first-order valence-electron chi connectivity index (χ1n) is 8.42. The number of nitrogens with zero attached hydrogens (tertiary/aromatic N) is 3. The van der Waals surface area contributed by atoms with Crippen molar-refractivity contribution in [1.29, 1.82) is 0 Å². The predicted octanol–water partition coefficient (Wildman–Crippen LogP) is 3.17. The second-order valence-corrected chi connectivity index (χ2v) is 7.42. The lowest BCUT2D eigenvalue weighted by Gasteiger charge is -2.29. The van der Waals surface area contributed by atoms with Gasteiger partial charge in [0.05, 0.1) is 17.6 Å². The third-order valence-corrected chi connectivity index (χ3v) is 5.75. The minimum absolute atomic E-state index is 0.0720. The Labute approximate surface area is 146 Å². The van der Waals surface area contributed by atoms with Crippen LogP contribution in [0.4, 0.5) is 0 Å². The number of aromatic nitrogens is 3. The number of aryl methyl sites for hydroxylation is 1. The molecule has 2 aromatic rings. The minimum Gasteiger partial charge on any atom is -0.469 e. The van der Waals surface area contributed by atoms with Crippen LogP contribution in [0.3, 0.4) is 0 Å². The van der Waals surface area contributed by atoms with Crippen LogP contribution in [-0.4, -0.2) is 32.5 Å². The van der Waals surface area contributed by atoms with E-state index in [-0.39, 0.29) is 5.91 Å². The molecule has 6 nitrogen and oxygen atoms in total. The number of carbonyl (C=O) groups excluding carboxylic acids is 1. The second kappa shape index (κ2) is 7.42. The van der Waals surface area contributed by atoms with Gasteiger partial charge in [-0.1, -0.05) is 31.5 Å². The van der Waals surface area contributed by atoms with Gasteiger partial charge in [0, 0.05) is 13.1 Å². The fourth-order valence-electron chi connectivity index (χ4n) is 3.20. The first-order valence-corrected chi connectivity index (χ1v) is 9.41. The average Bonchev–Trinajstić information content (AvgIpc) is 3.13. The molecule has 1 fully saturated rings. The normalized spacial score (nSPS) is 21.0. The van der Waals surface area contributed by atoms with Crippen LogP contribution in [0.15, 0.2) is 21.9 Å². The Morgan fingerprint density at radius 3 is 2.92 bits per heavy atom. The lowest BCUT2D eigenvalue weighted by molar-refractivity contribution is -0.119. The van der Waals surface area contributed by atoms with Gasteiger partial charge < -0.3 is 14.3 Å². The zero-order chi connectivity index (χ0) is 17.1. The van der Waals surface area contributed by atoms with Crippen LogP contribution in [0.2, 0.25) is 0 Å². The lowest BCUT2D eigenvalue weighted by atomic mass is 9.86. The van der Waals surface area contributed by atoms with E-state index in [1.54, 1.807) is 6.26 Å². The number of hydrogen-bond donors (Lipinski definition) is 1. The van der Waals surface area contributed by atoms with E-state index in [0.29, 0.717) is 17.7 Å². The Balaban J connectivity index is 1.58. The fourth-order valence-corrected chi connectivity index (χ4v) is 3.92. The Kier molecular flexibility index (Phi) is 5.28. The molecule has 2 heterocycles. The largest absolute Gasteiger partial charge is 0.469 e. The van der Waals surface area contributed by atoms with Crippen LogP contribution in [-0.2, 0) is 11.8 Å². The summed E-state index contributed by atoms with van der Waals surface area (Å²) in [4.78, 5) is 12.2. The Morgan fingerprint density at radius 2 is 2.21 bits per heavy atom. The van der Waals surface area contributed by atoms with Crippen LogP contribution in [0.25, 0.3) is 11.4 Å². The summed E-state index contributed by atoms with van der Waals surface area (Å²) >= 11 is 1.42. The topological polar surface area (TPSA) is 72.9 Å². The zero-order valence-electron chi connectivity index (χ0n) is 14.4. The summed E-state index contributed by atoms with van der Waals surface area (Å²) in [5.41, 5.74) is 0.928. The number of rotatable bonds is 5. The van der Waals surface area contributed by atoms with Crippen LogP contribution in [0, 0.1) is 12.8 Å². The third-order valence-electron chi connectivity index (χ3n) is 4.72. The molecule has 1 amide bonds. The van der Waals surface area contributed by atoms with Gasteiger partial charge >= 0.3 is 0 Å². The molecular formula is C17H24N4O2S. The van der Waals surface area contributed by atoms with Crippen molar-refractivity contribution in [3.8, 4) is 11.4 Å². The summed E-state index contributed by atoms with van der Waals surface area (Å²) < 4.78 is 7.23. The molecule has 1 aliphatic carbocycles. The molecule has 2 atom stereocenters. The van der Waals surface area contributed by atoms with E-state index in [4.69, 9.17) is 4.42 Å². The summed E-state index contributed by atoms with van der Waals surface area (Å²) in [5, 5.41) is 12.3. The van der Waals surface area contributed by atoms with Gasteiger partial charge in [0.2, 0.25) is 5.91 Å². The molecule has 130 valence electrons. The molecule has 3 rings (SSSR count). The molecular weight excluding hydrogens is 324 g/mol. The molecule has 1 aliphatic rings. The SMILES string of the molecule is Cc1occc1-c1nnc(SCC(=O)NC2CCCCC2C)n1C. The first kappa shape index (κ1) is 17.1. The lowest BCUT2D eigenvalue weighted by Crippen LogP contribution is -2.41. The molecule has 0 aromatic carbocycles. The molecule has 0 spiro atoms. The zero-order valence-corrected chi connectivity index (χ0v) is 15.2. The van der Waals surface area contributed by atoms with Crippen molar-refractivity contribution < 1.29 is 9.21 Å². The molecule has 2 unspecified atom stereocenters. The van der Waals surface area contributed by atoms with Crippen molar-refractivity contribution in [2.45, 2.75) is 50.7 Å². The average molecular weight is 348 g/mol. The Hall–Kier alpha value is -1.76. The van der Waals surface area contributed by atoms with Gasteiger partial charge in [-0.15, -0.1) is 10.2 Å². The summed E-state index contributed by atoms with van der Waals surface area (Å²) in [7, 11) is 1.91. The number of nitrogens with one attached hydrogen (secondary N) is 1. The predicted molar refractivity (Wildman–Crippen MR) is 93.7 cm³/mol. The molecule has 0 bridgehead atoms. The number of carbonyl (C=O) groups is 1. The number of thioether (sulfide) groups is 1. The molecule has 1 saturated carbocycles. The van der Waals surface area contributed by atoms with Crippen molar-refractivity contribution in [3.05, 3.63) is 18.1 Å². The van der Waals surface area contributed by atoms with Gasteiger partial charge in [0.25, 0.3) is 0 Å². The summed E-state index contributed by atoms with van der Waals surface area (Å²) in [5.74, 6) is 2.57. The molecule has 1 N–H and O–H groups in total. The van der Waals surface area contributed by atoms with Crippen LogP contribution in [0.1, 0.15) is 38.4 Å². The highest BCUT2D eigenvalue weighted by atomic mass is 32.2. The van der Waals surface area contributed by atoms with Crippen molar-refractivity contribution >= 4 is 17.7 Å². The number of furan rings is 1. The summed E-state index contributed by atoms with van der Waals surface area (Å²) in [6.07, 6.45) is 6.42. The van der Waals surface area contributed by atoms with E-state index in [9.17, 15) is 4.79 Å². The highest BCUT2D eigenvalue weighted by Gasteiger charge is 2.23. The first-order chi connectivity index (χ1) is 11.6. The van der Waals surface area contributed by atoms with Gasteiger partial charge in [-0.25, -0.2) is 0 Å². The van der Waals surface area contributed by atoms with Crippen molar-refractivity contribution in [2.24, 2.45) is 13.0 Å². The fraction of sp³-hybridized carbons (Fsp3) is 0.588. The third kappa shape index (κ3) is 3.66. The molecule has 0 aliphatic heterocycles. The van der Waals surface area contributed by atoms with Gasteiger partial charge in [0.1, 0.15) is 5.76 Å². The summed E-state index contributed by atoms with van der Waals surface area (Å²) in [6.45, 7) is 4.12. The monoisotopic (exact) mass is 348 g/mol. The second-order valence-electron chi connectivity index (χ2n) is 6.48. The van der Waals surface area contributed by atoms with E-state index in [2.05, 4.69) is 22.4 Å². The van der Waals surface area contributed by atoms with Crippen molar-refractivity contribution in [3.63, 3.8) is 0 Å². The number of amides is 1. The molecule has 0 radical (unpaired) electrons. The van der Waals surface area contributed by atoms with Gasteiger partial charge in [-0.05, 0) is 31.7 Å². The van der Waals surface area contributed by atoms with Gasteiger partial charge in [0.15, 0.2) is 11.0 Å². The van der Waals surface area contributed by atoms with Crippen molar-refractivity contribution in [2.75, 3.05) is 5.75 Å². The Morgan fingerprint density at radius 1 is 1.42 bits per heavy atom. The quantitative estimate of drug-likeness (QED) is 0.840. The van der Waals surface area contributed by atoms with Gasteiger partial charge in [-0.2, -0.15) is 0 Å². The molecule has 24 heavy (non-hydrogen) atoms. The highest BCUT2D eigenvalue weighted by molar-refractivity contribution is 7.99. The van der Waals surface area contributed by atoms with Crippen LogP contribution >= 0.6 is 11.8 Å². The molecule has 0 saturated heterocycles. The van der Waals surface area contributed by atoms with Gasteiger partial charge in [-0.3, -0.25) is 4.79 Å². The van der Waals surface area contributed by atoms with E-state index in [1.807, 2.05) is 24.6 Å². The molecule has 7 heteroatoms. The van der Waals surface area contributed by atoms with E-state index < -0.39 is 0 Å². The standard InChI is InChI=1S/C17H24N4O2S/c1-11-6-4-5-7-14(11)18-15(22)10-24-17-20-19-16(21(17)3)13-8-9-23-12(13)2/h8-9,11,14H,4-7,10H2,1-3H3,(H,18,22). The summed E-state index contributed by atoms with van der Waals surface area (Å²) in [6, 6.07) is 2.20. The van der Waals surface area contributed by atoms with Crippen molar-refractivity contribution in [1.82, 2.24) is 20.1 Å². The van der Waals surface area contributed by atoms with Crippen LogP contribution in [0.5, 0.6) is 0 Å². The minimum atomic E-state index is 0.0720. The molecule has 2 aromatic heterocycles. The Bertz CT molecular complexity index is 709. The maximum absolute atomic E-state index is 12.2. The highest BCUT2D eigenvalue weighted by Crippen LogP contribution is 2.26. The van der Waals surface area contributed by atoms with Crippen LogP contribution < -0.4 is 5.32 Å².